The van der Waals surface area contributed by atoms with Crippen molar-refractivity contribution in [2.75, 3.05) is 7.11 Å². The fraction of sp³-hybridized carbons (Fsp3) is 0.111. The van der Waals surface area contributed by atoms with Crippen LogP contribution >= 0.6 is 0 Å². The minimum Gasteiger partial charge on any atom is -0.497 e. The Labute approximate surface area is 146 Å². The van der Waals surface area contributed by atoms with Gasteiger partial charge in [-0.2, -0.15) is 4.98 Å². The molecule has 3 aromatic heterocycles. The second-order valence-corrected chi connectivity index (χ2v) is 5.29. The van der Waals surface area contributed by atoms with E-state index in [0.29, 0.717) is 22.3 Å². The van der Waals surface area contributed by atoms with Crippen LogP contribution in [-0.2, 0) is 0 Å². The van der Waals surface area contributed by atoms with Crippen LogP contribution in [0.2, 0.25) is 0 Å². The van der Waals surface area contributed by atoms with Gasteiger partial charge < -0.3 is 14.2 Å². The fourth-order valence-electron chi connectivity index (χ4n) is 2.63. The van der Waals surface area contributed by atoms with Gasteiger partial charge in [0.2, 0.25) is 11.7 Å². The molecular weight excluding hydrogens is 320 g/mol. The molecular formula is C18H14N4O3. The van der Waals surface area contributed by atoms with E-state index >= 15 is 0 Å². The summed E-state index contributed by atoms with van der Waals surface area (Å²) >= 11 is 0. The SMILES string of the molecule is [2H]C([2H])([2H])c1nc(-c2cc3c(-c4cccc(OC)c4)nccc3[nH]c2=O)no1. The normalized spacial score (nSPS) is 13.2. The van der Waals surface area contributed by atoms with Crippen LogP contribution in [0, 0.1) is 6.85 Å². The Kier molecular flexibility index (Phi) is 2.81. The largest absolute Gasteiger partial charge is 0.497 e. The molecule has 0 amide bonds. The third-order valence-corrected chi connectivity index (χ3v) is 3.78. The molecule has 25 heavy (non-hydrogen) atoms. The van der Waals surface area contributed by atoms with Crippen molar-refractivity contribution in [3.8, 4) is 28.4 Å². The van der Waals surface area contributed by atoms with E-state index in [2.05, 4.69) is 20.1 Å². The lowest BCUT2D eigenvalue weighted by molar-refractivity contribution is 0.394. The van der Waals surface area contributed by atoms with Crippen molar-refractivity contribution in [1.29, 1.82) is 0 Å². The quantitative estimate of drug-likeness (QED) is 0.618. The lowest BCUT2D eigenvalue weighted by Crippen LogP contribution is -2.10. The molecule has 0 unspecified atom stereocenters. The van der Waals surface area contributed by atoms with Crippen LogP contribution in [0.4, 0.5) is 0 Å². The lowest BCUT2D eigenvalue weighted by atomic mass is 10.0. The maximum absolute atomic E-state index is 12.5. The number of nitrogens with zero attached hydrogens (tertiary/aromatic N) is 3. The number of aromatic amines is 1. The van der Waals surface area contributed by atoms with Crippen LogP contribution in [-0.4, -0.2) is 27.2 Å². The van der Waals surface area contributed by atoms with Crippen LogP contribution in [0.5, 0.6) is 5.75 Å². The molecule has 0 aliphatic heterocycles. The number of aromatic nitrogens is 4. The maximum Gasteiger partial charge on any atom is 0.259 e. The van der Waals surface area contributed by atoms with Gasteiger partial charge >= 0.3 is 0 Å². The molecule has 0 spiro atoms. The lowest BCUT2D eigenvalue weighted by Gasteiger charge is -2.08. The van der Waals surface area contributed by atoms with Gasteiger partial charge in [0.15, 0.2) is 0 Å². The Hall–Kier alpha value is -3.48. The zero-order valence-corrected chi connectivity index (χ0v) is 13.1. The first-order valence-corrected chi connectivity index (χ1v) is 7.38. The molecule has 0 aliphatic rings. The van der Waals surface area contributed by atoms with E-state index in [9.17, 15) is 4.79 Å². The summed E-state index contributed by atoms with van der Waals surface area (Å²) in [7, 11) is 1.57. The van der Waals surface area contributed by atoms with Crippen molar-refractivity contribution < 1.29 is 13.4 Å². The summed E-state index contributed by atoms with van der Waals surface area (Å²) in [6.07, 6.45) is 1.59. The summed E-state index contributed by atoms with van der Waals surface area (Å²) in [5.41, 5.74) is 1.60. The summed E-state index contributed by atoms with van der Waals surface area (Å²) in [4.78, 5) is 23.5. The van der Waals surface area contributed by atoms with Crippen molar-refractivity contribution >= 4 is 10.9 Å². The van der Waals surface area contributed by atoms with Crippen molar-refractivity contribution in [3.05, 3.63) is 58.8 Å². The maximum atomic E-state index is 12.5. The van der Waals surface area contributed by atoms with Crippen LogP contribution in [0.25, 0.3) is 33.5 Å². The number of pyridine rings is 2. The van der Waals surface area contributed by atoms with Crippen molar-refractivity contribution in [1.82, 2.24) is 20.1 Å². The van der Waals surface area contributed by atoms with Crippen LogP contribution in [0.15, 0.2) is 51.9 Å². The fourth-order valence-corrected chi connectivity index (χ4v) is 2.63. The second-order valence-electron chi connectivity index (χ2n) is 5.29. The van der Waals surface area contributed by atoms with Crippen molar-refractivity contribution in [2.24, 2.45) is 0 Å². The summed E-state index contributed by atoms with van der Waals surface area (Å²) in [6.45, 7) is -2.55. The zero-order valence-electron chi connectivity index (χ0n) is 16.1. The number of hydrogen-bond acceptors (Lipinski definition) is 6. The highest BCUT2D eigenvalue weighted by molar-refractivity contribution is 5.94. The Morgan fingerprint density at radius 1 is 1.28 bits per heavy atom. The zero-order chi connectivity index (χ0) is 19.9. The second kappa shape index (κ2) is 5.86. The van der Waals surface area contributed by atoms with Gasteiger partial charge in [-0.1, -0.05) is 17.3 Å². The first-order chi connectivity index (χ1) is 13.4. The monoisotopic (exact) mass is 337 g/mol. The molecule has 0 fully saturated rings. The van der Waals surface area contributed by atoms with Crippen LogP contribution < -0.4 is 10.3 Å². The predicted octanol–water partition coefficient (Wildman–Crippen LogP) is 2.96. The molecule has 0 saturated heterocycles. The molecule has 4 aromatic rings. The molecule has 124 valence electrons. The topological polar surface area (TPSA) is 93.9 Å². The number of benzene rings is 1. The van der Waals surface area contributed by atoms with E-state index in [1.807, 2.05) is 24.3 Å². The smallest absolute Gasteiger partial charge is 0.259 e. The van der Waals surface area contributed by atoms with E-state index in [1.54, 1.807) is 25.4 Å². The van der Waals surface area contributed by atoms with Gasteiger partial charge in [-0.05, 0) is 24.3 Å². The van der Waals surface area contributed by atoms with Crippen LogP contribution in [0.3, 0.4) is 0 Å². The van der Waals surface area contributed by atoms with Crippen LogP contribution in [0.1, 0.15) is 10.0 Å². The van der Waals surface area contributed by atoms with E-state index in [0.717, 1.165) is 5.56 Å². The number of H-pyrrole nitrogens is 1. The molecule has 0 bridgehead atoms. The first-order valence-electron chi connectivity index (χ1n) is 8.88. The minimum absolute atomic E-state index is 0.0869. The summed E-state index contributed by atoms with van der Waals surface area (Å²) in [5.74, 6) is 0.0392. The highest BCUT2D eigenvalue weighted by Crippen LogP contribution is 2.29. The molecule has 0 saturated carbocycles. The van der Waals surface area contributed by atoms with E-state index < -0.39 is 18.3 Å². The number of nitrogens with one attached hydrogen (secondary N) is 1. The number of methoxy groups -OCH3 is 1. The average molecular weight is 337 g/mol. The minimum atomic E-state index is -2.55. The summed E-state index contributed by atoms with van der Waals surface area (Å²) < 4.78 is 32.1. The van der Waals surface area contributed by atoms with E-state index in [4.69, 9.17) is 13.4 Å². The average Bonchev–Trinajstić information content (AvgIpc) is 3.17. The number of ether oxygens (including phenoxy) is 1. The molecule has 4 rings (SSSR count). The molecule has 3 heterocycles. The Balaban J connectivity index is 1.92. The molecule has 0 aliphatic carbocycles. The first kappa shape index (κ1) is 12.0. The molecule has 7 nitrogen and oxygen atoms in total. The van der Waals surface area contributed by atoms with Gasteiger partial charge in [-0.15, -0.1) is 0 Å². The molecule has 1 N–H and O–H groups in total. The van der Waals surface area contributed by atoms with Gasteiger partial charge in [0, 0.05) is 28.1 Å². The van der Waals surface area contributed by atoms with Gasteiger partial charge in [0.1, 0.15) is 5.75 Å². The van der Waals surface area contributed by atoms with E-state index in [1.165, 1.54) is 0 Å². The highest BCUT2D eigenvalue weighted by Gasteiger charge is 2.14. The number of fused-ring (bicyclic) bond motifs is 1. The van der Waals surface area contributed by atoms with Crippen molar-refractivity contribution in [3.63, 3.8) is 0 Å². The summed E-state index contributed by atoms with van der Waals surface area (Å²) in [6, 6.07) is 10.6. The van der Waals surface area contributed by atoms with Gasteiger partial charge in [-0.3, -0.25) is 9.78 Å². The van der Waals surface area contributed by atoms with E-state index in [-0.39, 0.29) is 11.4 Å². The molecule has 0 radical (unpaired) electrons. The highest BCUT2D eigenvalue weighted by atomic mass is 16.5. The number of aryl methyl sites for hydroxylation is 1. The standard InChI is InChI=1S/C18H14N4O3/c1-10-20-17(22-25-10)14-9-13-15(21-18(14)23)6-7-19-16(13)11-4-3-5-12(8-11)24-2/h3-9H,1-2H3,(H,21,23)/i1D3. The molecule has 7 heteroatoms. The predicted molar refractivity (Wildman–Crippen MR) is 92.4 cm³/mol. The molecule has 1 aromatic carbocycles. The number of rotatable bonds is 3. The van der Waals surface area contributed by atoms with Gasteiger partial charge in [-0.25, -0.2) is 0 Å². The van der Waals surface area contributed by atoms with Gasteiger partial charge in [0.25, 0.3) is 5.56 Å². The summed E-state index contributed by atoms with van der Waals surface area (Å²) in [5, 5.41) is 4.29. The van der Waals surface area contributed by atoms with Gasteiger partial charge in [0.05, 0.1) is 23.9 Å². The molecule has 0 atom stereocenters. The Morgan fingerprint density at radius 3 is 3.00 bits per heavy atom. The third kappa shape index (κ3) is 2.65. The Morgan fingerprint density at radius 2 is 2.20 bits per heavy atom. The Bertz CT molecular complexity index is 1230. The van der Waals surface area contributed by atoms with Crippen molar-refractivity contribution in [2.45, 2.75) is 6.85 Å². The third-order valence-electron chi connectivity index (χ3n) is 3.78. The number of hydrogen-bond donors (Lipinski definition) is 1.